The third-order valence-corrected chi connectivity index (χ3v) is 2.96. The monoisotopic (exact) mass is 335 g/mol. The number of carbonyl (C=O) groups is 1. The van der Waals surface area contributed by atoms with E-state index < -0.39 is 17.6 Å². The van der Waals surface area contributed by atoms with Gasteiger partial charge in [0.15, 0.2) is 5.69 Å². The van der Waals surface area contributed by atoms with Crippen LogP contribution >= 0.6 is 0 Å². The molecule has 0 radical (unpaired) electrons. The molecule has 124 valence electrons. The second-order valence-electron chi connectivity index (χ2n) is 4.66. The zero-order valence-electron chi connectivity index (χ0n) is 12.3. The van der Waals surface area contributed by atoms with Gasteiger partial charge in [0, 0.05) is 18.7 Å². The Morgan fingerprint density at radius 1 is 1.12 bits per heavy atom. The van der Waals surface area contributed by atoms with Gasteiger partial charge in [0.05, 0.1) is 18.0 Å². The number of alkyl halides is 3. The zero-order valence-corrected chi connectivity index (χ0v) is 12.3. The van der Waals surface area contributed by atoms with Crippen LogP contribution in [-0.4, -0.2) is 29.0 Å². The van der Waals surface area contributed by atoms with Gasteiger partial charge in [-0.2, -0.15) is 18.4 Å². The number of nitrogens with one attached hydrogen (secondary N) is 2. The summed E-state index contributed by atoms with van der Waals surface area (Å²) in [5.41, 5.74) is -0.475. The van der Waals surface area contributed by atoms with Crippen molar-refractivity contribution in [1.29, 1.82) is 5.26 Å². The molecule has 0 saturated carbocycles. The highest BCUT2D eigenvalue weighted by Gasteiger charge is 2.30. The summed E-state index contributed by atoms with van der Waals surface area (Å²) >= 11 is 0. The van der Waals surface area contributed by atoms with E-state index in [4.69, 9.17) is 5.26 Å². The molecule has 1 amide bonds. The molecule has 0 spiro atoms. The van der Waals surface area contributed by atoms with Gasteiger partial charge >= 0.3 is 6.18 Å². The largest absolute Gasteiger partial charge is 0.416 e. The zero-order chi connectivity index (χ0) is 17.6. The van der Waals surface area contributed by atoms with Crippen LogP contribution in [0.5, 0.6) is 0 Å². The van der Waals surface area contributed by atoms with Crippen LogP contribution in [0.15, 0.2) is 36.7 Å². The highest BCUT2D eigenvalue weighted by atomic mass is 19.4. The molecule has 0 unspecified atom stereocenters. The fourth-order valence-corrected chi connectivity index (χ4v) is 1.76. The second-order valence-corrected chi connectivity index (χ2v) is 4.66. The van der Waals surface area contributed by atoms with Crippen molar-refractivity contribution < 1.29 is 18.0 Å². The standard InChI is InChI=1S/C15H12F3N5O/c16-15(17,18)11-3-1-10(2-4-11)14(24)21-6-5-20-13-9-22-12(7-19)8-23-13/h1-4,8-9H,5-6H2,(H,20,23)(H,21,24). The first kappa shape index (κ1) is 17.2. The van der Waals surface area contributed by atoms with Crippen molar-refractivity contribution in [2.75, 3.05) is 18.4 Å². The third-order valence-electron chi connectivity index (χ3n) is 2.96. The van der Waals surface area contributed by atoms with Crippen molar-refractivity contribution in [1.82, 2.24) is 15.3 Å². The first-order chi connectivity index (χ1) is 11.4. The molecule has 0 fully saturated rings. The van der Waals surface area contributed by atoms with E-state index in [2.05, 4.69) is 20.6 Å². The smallest absolute Gasteiger partial charge is 0.367 e. The lowest BCUT2D eigenvalue weighted by molar-refractivity contribution is -0.137. The normalized spacial score (nSPS) is 10.8. The molecule has 0 saturated heterocycles. The molecule has 24 heavy (non-hydrogen) atoms. The minimum Gasteiger partial charge on any atom is -0.367 e. The van der Waals surface area contributed by atoms with Gasteiger partial charge in [-0.3, -0.25) is 4.79 Å². The molecule has 6 nitrogen and oxygen atoms in total. The average Bonchev–Trinajstić information content (AvgIpc) is 2.58. The summed E-state index contributed by atoms with van der Waals surface area (Å²) in [6.45, 7) is 0.578. The Morgan fingerprint density at radius 2 is 1.83 bits per heavy atom. The number of hydrogen-bond donors (Lipinski definition) is 2. The number of hydrogen-bond acceptors (Lipinski definition) is 5. The topological polar surface area (TPSA) is 90.7 Å². The van der Waals surface area contributed by atoms with Gasteiger partial charge in [0.25, 0.3) is 5.91 Å². The van der Waals surface area contributed by atoms with Gasteiger partial charge in [-0.1, -0.05) is 0 Å². The molecular formula is C15H12F3N5O. The van der Waals surface area contributed by atoms with Crippen molar-refractivity contribution in [3.8, 4) is 6.07 Å². The molecule has 1 aromatic carbocycles. The van der Waals surface area contributed by atoms with Crippen LogP contribution in [0.3, 0.4) is 0 Å². The Kier molecular flexibility index (Phi) is 5.31. The van der Waals surface area contributed by atoms with Gasteiger partial charge in [0.2, 0.25) is 0 Å². The molecule has 0 atom stereocenters. The molecule has 0 aliphatic carbocycles. The van der Waals surface area contributed by atoms with E-state index in [1.54, 1.807) is 0 Å². The molecule has 0 bridgehead atoms. The lowest BCUT2D eigenvalue weighted by Crippen LogP contribution is -2.29. The SMILES string of the molecule is N#Cc1cnc(NCCNC(=O)c2ccc(C(F)(F)F)cc2)cn1. The van der Waals surface area contributed by atoms with Crippen molar-refractivity contribution >= 4 is 11.7 Å². The van der Waals surface area contributed by atoms with Crippen molar-refractivity contribution in [2.24, 2.45) is 0 Å². The van der Waals surface area contributed by atoms with Gasteiger partial charge in [-0.15, -0.1) is 0 Å². The van der Waals surface area contributed by atoms with E-state index in [1.807, 2.05) is 6.07 Å². The summed E-state index contributed by atoms with van der Waals surface area (Å²) in [6, 6.07) is 5.81. The number of nitriles is 1. The van der Waals surface area contributed by atoms with Gasteiger partial charge in [-0.05, 0) is 24.3 Å². The molecule has 2 aromatic rings. The Hall–Kier alpha value is -3.15. The molecule has 9 heteroatoms. The Labute approximate surface area is 135 Å². The van der Waals surface area contributed by atoms with Gasteiger partial charge in [-0.25, -0.2) is 9.97 Å². The minimum absolute atomic E-state index is 0.140. The van der Waals surface area contributed by atoms with E-state index in [0.717, 1.165) is 24.3 Å². The second kappa shape index (κ2) is 7.41. The summed E-state index contributed by atoms with van der Waals surface area (Å²) in [4.78, 5) is 19.6. The fourth-order valence-electron chi connectivity index (χ4n) is 1.76. The molecule has 0 aliphatic rings. The molecule has 2 rings (SSSR count). The van der Waals surface area contributed by atoms with Crippen LogP contribution in [-0.2, 0) is 6.18 Å². The number of nitrogens with zero attached hydrogens (tertiary/aromatic N) is 3. The van der Waals surface area contributed by atoms with Gasteiger partial charge < -0.3 is 10.6 Å². The predicted molar refractivity (Wildman–Crippen MR) is 79.0 cm³/mol. The number of rotatable bonds is 5. The summed E-state index contributed by atoms with van der Waals surface area (Å²) in [5, 5.41) is 14.0. The fraction of sp³-hybridized carbons (Fsp3) is 0.200. The van der Waals surface area contributed by atoms with Crippen LogP contribution in [0, 0.1) is 11.3 Å². The molecule has 0 aliphatic heterocycles. The minimum atomic E-state index is -4.43. The number of halogens is 3. The Bertz CT molecular complexity index is 736. The highest BCUT2D eigenvalue weighted by molar-refractivity contribution is 5.94. The summed E-state index contributed by atoms with van der Waals surface area (Å²) in [6.07, 6.45) is -1.74. The number of amides is 1. The molecular weight excluding hydrogens is 323 g/mol. The summed E-state index contributed by atoms with van der Waals surface area (Å²) in [7, 11) is 0. The maximum Gasteiger partial charge on any atom is 0.416 e. The first-order valence-corrected chi connectivity index (χ1v) is 6.81. The maximum atomic E-state index is 12.4. The van der Waals surface area contributed by atoms with Crippen molar-refractivity contribution in [2.45, 2.75) is 6.18 Å². The van der Waals surface area contributed by atoms with E-state index in [9.17, 15) is 18.0 Å². The number of carbonyl (C=O) groups excluding carboxylic acids is 1. The summed E-state index contributed by atoms with van der Waals surface area (Å²) in [5.74, 6) is -0.0331. The lowest BCUT2D eigenvalue weighted by atomic mass is 10.1. The highest BCUT2D eigenvalue weighted by Crippen LogP contribution is 2.28. The lowest BCUT2D eigenvalue weighted by Gasteiger charge is -2.09. The maximum absolute atomic E-state index is 12.4. The molecule has 1 heterocycles. The Morgan fingerprint density at radius 3 is 2.38 bits per heavy atom. The van der Waals surface area contributed by atoms with E-state index >= 15 is 0 Å². The molecule has 2 N–H and O–H groups in total. The van der Waals surface area contributed by atoms with Crippen LogP contribution in [0.4, 0.5) is 19.0 Å². The number of anilines is 1. The van der Waals surface area contributed by atoms with Crippen LogP contribution in [0.25, 0.3) is 0 Å². The van der Waals surface area contributed by atoms with Crippen molar-refractivity contribution in [3.63, 3.8) is 0 Å². The van der Waals surface area contributed by atoms with E-state index in [-0.39, 0.29) is 17.8 Å². The Balaban J connectivity index is 1.79. The first-order valence-electron chi connectivity index (χ1n) is 6.81. The quantitative estimate of drug-likeness (QED) is 0.818. The van der Waals surface area contributed by atoms with Gasteiger partial charge in [0.1, 0.15) is 11.9 Å². The number of benzene rings is 1. The van der Waals surface area contributed by atoms with Crippen LogP contribution in [0.2, 0.25) is 0 Å². The average molecular weight is 335 g/mol. The van der Waals surface area contributed by atoms with E-state index in [1.165, 1.54) is 12.4 Å². The van der Waals surface area contributed by atoms with E-state index in [0.29, 0.717) is 12.4 Å². The summed E-state index contributed by atoms with van der Waals surface area (Å²) < 4.78 is 37.3. The number of aromatic nitrogens is 2. The van der Waals surface area contributed by atoms with Crippen LogP contribution < -0.4 is 10.6 Å². The van der Waals surface area contributed by atoms with Crippen molar-refractivity contribution in [3.05, 3.63) is 53.5 Å². The molecule has 1 aromatic heterocycles. The predicted octanol–water partition coefficient (Wildman–Crippen LogP) is 2.21. The van der Waals surface area contributed by atoms with Crippen LogP contribution in [0.1, 0.15) is 21.6 Å². The third kappa shape index (κ3) is 4.67.